The van der Waals surface area contributed by atoms with Crippen LogP contribution in [0.4, 0.5) is 0 Å². The van der Waals surface area contributed by atoms with E-state index in [9.17, 15) is 9.90 Å². The molecule has 0 spiro atoms. The maximum atomic E-state index is 11.3. The number of aromatic hydroxyl groups is 1. The van der Waals surface area contributed by atoms with Crippen LogP contribution >= 0.6 is 11.3 Å². The van der Waals surface area contributed by atoms with Crippen molar-refractivity contribution in [2.45, 2.75) is 0 Å². The van der Waals surface area contributed by atoms with Crippen molar-refractivity contribution in [3.05, 3.63) is 59.7 Å². The molecule has 0 saturated carbocycles. The smallest absolute Gasteiger partial charge is 0.255 e. The minimum Gasteiger partial charge on any atom is -0.493 e. The van der Waals surface area contributed by atoms with Crippen molar-refractivity contribution in [1.82, 2.24) is 14.6 Å². The van der Waals surface area contributed by atoms with Crippen LogP contribution in [0.5, 0.6) is 5.88 Å². The first-order chi connectivity index (χ1) is 11.6. The fraction of sp³-hybridized carbons (Fsp3) is 0. The molecular weight excluding hydrogens is 324 g/mol. The zero-order valence-corrected chi connectivity index (χ0v) is 13.2. The van der Waals surface area contributed by atoms with Gasteiger partial charge in [-0.05, 0) is 22.6 Å². The summed E-state index contributed by atoms with van der Waals surface area (Å²) in [5.74, 6) is -1.06. The van der Waals surface area contributed by atoms with Gasteiger partial charge in [-0.3, -0.25) is 4.79 Å². The summed E-state index contributed by atoms with van der Waals surface area (Å²) in [5.41, 5.74) is 8.64. The van der Waals surface area contributed by atoms with E-state index in [0.29, 0.717) is 5.65 Å². The van der Waals surface area contributed by atoms with Crippen LogP contribution in [0.15, 0.2) is 54.2 Å². The second-order valence-corrected chi connectivity index (χ2v) is 6.13. The highest BCUT2D eigenvalue weighted by molar-refractivity contribution is 7.14. The summed E-state index contributed by atoms with van der Waals surface area (Å²) < 4.78 is 1.22. The molecule has 24 heavy (non-hydrogen) atoms. The van der Waals surface area contributed by atoms with Crippen LogP contribution in [-0.4, -0.2) is 25.6 Å². The molecular formula is C17H12N4O2S. The van der Waals surface area contributed by atoms with E-state index in [1.807, 2.05) is 30.3 Å². The molecule has 0 unspecified atom stereocenters. The number of carbonyl (C=O) groups is 1. The van der Waals surface area contributed by atoms with Gasteiger partial charge in [-0.2, -0.15) is 9.61 Å². The van der Waals surface area contributed by atoms with E-state index < -0.39 is 5.91 Å². The lowest BCUT2D eigenvalue weighted by molar-refractivity contribution is 0.0996. The Labute approximate surface area is 140 Å². The maximum absolute atomic E-state index is 11.3. The second kappa shape index (κ2) is 5.47. The molecule has 6 nitrogen and oxygen atoms in total. The average molecular weight is 336 g/mol. The fourth-order valence-electron chi connectivity index (χ4n) is 2.53. The molecule has 0 atom stereocenters. The topological polar surface area (TPSA) is 93.5 Å². The number of rotatable bonds is 3. The Balaban J connectivity index is 1.82. The summed E-state index contributed by atoms with van der Waals surface area (Å²) >= 11 is 1.57. The van der Waals surface area contributed by atoms with Gasteiger partial charge in [0.1, 0.15) is 5.56 Å². The molecule has 0 aliphatic carbocycles. The molecule has 0 bridgehead atoms. The van der Waals surface area contributed by atoms with E-state index in [0.717, 1.165) is 21.6 Å². The summed E-state index contributed by atoms with van der Waals surface area (Å²) in [5, 5.41) is 16.3. The number of fused-ring (bicyclic) bond motifs is 1. The lowest BCUT2D eigenvalue weighted by Gasteiger charge is -2.02. The predicted molar refractivity (Wildman–Crippen MR) is 91.9 cm³/mol. The lowest BCUT2D eigenvalue weighted by Crippen LogP contribution is -2.13. The van der Waals surface area contributed by atoms with Crippen LogP contribution in [0.2, 0.25) is 0 Å². The van der Waals surface area contributed by atoms with Gasteiger partial charge >= 0.3 is 0 Å². The minimum atomic E-state index is -0.749. The maximum Gasteiger partial charge on any atom is 0.255 e. The molecule has 4 aromatic rings. The third-order valence-corrected chi connectivity index (χ3v) is 4.70. The largest absolute Gasteiger partial charge is 0.493 e. The number of hydrogen-bond donors (Lipinski definition) is 2. The van der Waals surface area contributed by atoms with E-state index in [2.05, 4.69) is 21.5 Å². The molecule has 3 N–H and O–H groups in total. The highest BCUT2D eigenvalue weighted by atomic mass is 32.1. The van der Waals surface area contributed by atoms with Gasteiger partial charge in [-0.1, -0.05) is 30.3 Å². The number of benzene rings is 1. The molecule has 1 aromatic carbocycles. The Morgan fingerprint density at radius 3 is 2.71 bits per heavy atom. The van der Waals surface area contributed by atoms with Gasteiger partial charge < -0.3 is 10.8 Å². The Bertz CT molecular complexity index is 1050. The van der Waals surface area contributed by atoms with Gasteiger partial charge in [0.2, 0.25) is 5.88 Å². The van der Waals surface area contributed by atoms with Crippen molar-refractivity contribution in [1.29, 1.82) is 0 Å². The number of nitrogens with zero attached hydrogens (tertiary/aromatic N) is 3. The summed E-state index contributed by atoms with van der Waals surface area (Å²) in [6, 6.07) is 12.1. The van der Waals surface area contributed by atoms with Crippen LogP contribution in [0.25, 0.3) is 27.2 Å². The van der Waals surface area contributed by atoms with E-state index >= 15 is 0 Å². The van der Waals surface area contributed by atoms with Crippen molar-refractivity contribution in [2.75, 3.05) is 0 Å². The number of aromatic nitrogens is 3. The molecule has 3 aromatic heterocycles. The SMILES string of the molecule is NC(=O)c1cnc2c(-c3cc(-c4ccccc4)cs3)cnn2c1O. The average Bonchev–Trinajstić information content (AvgIpc) is 3.22. The third-order valence-electron chi connectivity index (χ3n) is 3.74. The normalized spacial score (nSPS) is 11.0. The number of nitrogens with two attached hydrogens (primary N) is 1. The van der Waals surface area contributed by atoms with Gasteiger partial charge in [0.15, 0.2) is 5.65 Å². The number of amides is 1. The molecule has 7 heteroatoms. The number of carbonyl (C=O) groups excluding carboxylic acids is 1. The monoisotopic (exact) mass is 336 g/mol. The summed E-state index contributed by atoms with van der Waals surface area (Å²) in [6.07, 6.45) is 2.89. The number of primary amides is 1. The predicted octanol–water partition coefficient (Wildman–Crippen LogP) is 2.93. The van der Waals surface area contributed by atoms with Crippen molar-refractivity contribution in [3.8, 4) is 27.4 Å². The van der Waals surface area contributed by atoms with Gasteiger partial charge in [-0.25, -0.2) is 4.98 Å². The molecule has 0 fully saturated rings. The first-order valence-corrected chi connectivity index (χ1v) is 8.03. The first-order valence-electron chi connectivity index (χ1n) is 7.15. The quantitative estimate of drug-likeness (QED) is 0.601. The van der Waals surface area contributed by atoms with Crippen LogP contribution in [-0.2, 0) is 0 Å². The van der Waals surface area contributed by atoms with Gasteiger partial charge in [-0.15, -0.1) is 11.3 Å². The van der Waals surface area contributed by atoms with Gasteiger partial charge in [0, 0.05) is 11.1 Å². The van der Waals surface area contributed by atoms with Gasteiger partial charge in [0.05, 0.1) is 11.8 Å². The van der Waals surface area contributed by atoms with Crippen LogP contribution in [0.1, 0.15) is 10.4 Å². The fourth-order valence-corrected chi connectivity index (χ4v) is 3.45. The highest BCUT2D eigenvalue weighted by Gasteiger charge is 2.17. The Morgan fingerprint density at radius 1 is 1.17 bits per heavy atom. The second-order valence-electron chi connectivity index (χ2n) is 5.22. The molecule has 0 radical (unpaired) electrons. The Morgan fingerprint density at radius 2 is 1.96 bits per heavy atom. The summed E-state index contributed by atoms with van der Waals surface area (Å²) in [4.78, 5) is 16.5. The van der Waals surface area contributed by atoms with Crippen molar-refractivity contribution < 1.29 is 9.90 Å². The van der Waals surface area contributed by atoms with E-state index in [-0.39, 0.29) is 11.4 Å². The van der Waals surface area contributed by atoms with E-state index in [1.54, 1.807) is 17.5 Å². The third kappa shape index (κ3) is 2.22. The summed E-state index contributed by atoms with van der Waals surface area (Å²) in [6.45, 7) is 0. The molecule has 3 heterocycles. The molecule has 1 amide bonds. The molecule has 0 aliphatic rings. The van der Waals surface area contributed by atoms with Crippen LogP contribution in [0, 0.1) is 0 Å². The molecule has 118 valence electrons. The Hall–Kier alpha value is -3.19. The molecule has 4 rings (SSSR count). The van der Waals surface area contributed by atoms with Crippen molar-refractivity contribution in [2.24, 2.45) is 5.73 Å². The van der Waals surface area contributed by atoms with E-state index in [1.165, 1.54) is 10.7 Å². The van der Waals surface area contributed by atoms with Crippen LogP contribution in [0.3, 0.4) is 0 Å². The zero-order valence-electron chi connectivity index (χ0n) is 12.4. The zero-order chi connectivity index (χ0) is 16.7. The van der Waals surface area contributed by atoms with E-state index in [4.69, 9.17) is 5.73 Å². The number of hydrogen-bond acceptors (Lipinski definition) is 5. The first kappa shape index (κ1) is 14.4. The number of thiophene rings is 1. The Kier molecular flexibility index (Phi) is 3.28. The van der Waals surface area contributed by atoms with Crippen LogP contribution < -0.4 is 5.73 Å². The summed E-state index contributed by atoms with van der Waals surface area (Å²) in [7, 11) is 0. The minimum absolute atomic E-state index is 0.0618. The lowest BCUT2D eigenvalue weighted by atomic mass is 10.1. The van der Waals surface area contributed by atoms with Crippen molar-refractivity contribution in [3.63, 3.8) is 0 Å². The molecule has 0 aliphatic heterocycles. The van der Waals surface area contributed by atoms with Crippen molar-refractivity contribution >= 4 is 22.9 Å². The highest BCUT2D eigenvalue weighted by Crippen LogP contribution is 2.35. The molecule has 0 saturated heterocycles. The van der Waals surface area contributed by atoms with Gasteiger partial charge in [0.25, 0.3) is 5.91 Å². The standard InChI is InChI=1S/C17H12N4O2S/c18-15(22)13-7-19-16-12(8-20-21(16)17(13)23)14-6-11(9-24-14)10-4-2-1-3-5-10/h1-9,23H,(H2,18,22).